The van der Waals surface area contributed by atoms with E-state index in [4.69, 9.17) is 4.98 Å². The molecule has 3 rings (SSSR count). The highest BCUT2D eigenvalue weighted by Gasteiger charge is 2.38. The molecule has 1 aromatic heterocycles. The van der Waals surface area contributed by atoms with Crippen LogP contribution in [-0.2, 0) is 18.4 Å². The summed E-state index contributed by atoms with van der Waals surface area (Å²) in [6.07, 6.45) is 10.1. The molecule has 1 heterocycles. The van der Waals surface area contributed by atoms with Gasteiger partial charge in [0.15, 0.2) is 0 Å². The van der Waals surface area contributed by atoms with Crippen molar-refractivity contribution in [3.8, 4) is 0 Å². The van der Waals surface area contributed by atoms with Crippen LogP contribution in [0.1, 0.15) is 69.3 Å². The predicted octanol–water partition coefficient (Wildman–Crippen LogP) is 6.77. The molecule has 0 aliphatic rings. The highest BCUT2D eigenvalue weighted by molar-refractivity contribution is 5.33. The second kappa shape index (κ2) is 9.73. The Labute approximate surface area is 170 Å². The van der Waals surface area contributed by atoms with Gasteiger partial charge >= 0.3 is 0 Å². The van der Waals surface area contributed by atoms with Gasteiger partial charge in [-0.15, -0.1) is 0 Å². The van der Waals surface area contributed by atoms with Crippen LogP contribution in [0.25, 0.3) is 0 Å². The topological polar surface area (TPSA) is 17.8 Å². The third-order valence-corrected chi connectivity index (χ3v) is 6.11. The van der Waals surface area contributed by atoms with Gasteiger partial charge < -0.3 is 4.57 Å². The Hall–Kier alpha value is -2.35. The summed E-state index contributed by atoms with van der Waals surface area (Å²) in [5.41, 5.74) is 2.80. The molecule has 2 aromatic carbocycles. The van der Waals surface area contributed by atoms with E-state index in [1.165, 1.54) is 42.6 Å². The first-order chi connectivity index (χ1) is 13.7. The Morgan fingerprint density at radius 1 is 0.929 bits per heavy atom. The van der Waals surface area contributed by atoms with Crippen LogP contribution in [0, 0.1) is 0 Å². The first-order valence-electron chi connectivity index (χ1n) is 10.8. The number of benzene rings is 2. The predicted molar refractivity (Wildman–Crippen MR) is 119 cm³/mol. The summed E-state index contributed by atoms with van der Waals surface area (Å²) in [5, 5.41) is 0. The molecule has 0 fully saturated rings. The number of imidazole rings is 1. The van der Waals surface area contributed by atoms with E-state index in [9.17, 15) is 0 Å². The van der Waals surface area contributed by atoms with E-state index in [2.05, 4.69) is 92.2 Å². The molecule has 0 bridgehead atoms. The Morgan fingerprint density at radius 2 is 1.61 bits per heavy atom. The number of nitrogens with zero attached hydrogens (tertiary/aromatic N) is 2. The molecule has 0 saturated heterocycles. The normalized spacial score (nSPS) is 14.5. The van der Waals surface area contributed by atoms with Crippen molar-refractivity contribution in [3.05, 3.63) is 90.0 Å². The maximum Gasteiger partial charge on any atom is 0.112 e. The van der Waals surface area contributed by atoms with Gasteiger partial charge in [0.25, 0.3) is 0 Å². The van der Waals surface area contributed by atoms with E-state index < -0.39 is 0 Å². The summed E-state index contributed by atoms with van der Waals surface area (Å²) < 4.78 is 2.34. The zero-order chi connectivity index (χ0) is 19.8. The van der Waals surface area contributed by atoms with Crippen LogP contribution in [0.15, 0.2) is 73.1 Å². The summed E-state index contributed by atoms with van der Waals surface area (Å²) in [6.45, 7) is 7.91. The van der Waals surface area contributed by atoms with Crippen molar-refractivity contribution in [1.29, 1.82) is 0 Å². The Balaban J connectivity index is 2.07. The van der Waals surface area contributed by atoms with Gasteiger partial charge in [-0.05, 0) is 30.9 Å². The van der Waals surface area contributed by atoms with Gasteiger partial charge in [0.1, 0.15) is 5.82 Å². The van der Waals surface area contributed by atoms with Gasteiger partial charge in [-0.2, -0.15) is 0 Å². The average Bonchev–Trinajstić information content (AvgIpc) is 3.21. The van der Waals surface area contributed by atoms with Crippen molar-refractivity contribution >= 4 is 0 Å². The third-order valence-electron chi connectivity index (χ3n) is 6.11. The second-order valence-electron chi connectivity index (χ2n) is 8.07. The molecular formula is C26H34N2. The molecule has 3 aromatic rings. The van der Waals surface area contributed by atoms with Gasteiger partial charge in [0.2, 0.25) is 0 Å². The Kier molecular flexibility index (Phi) is 7.08. The molecule has 0 spiro atoms. The van der Waals surface area contributed by atoms with Crippen LogP contribution in [0.2, 0.25) is 0 Å². The lowest BCUT2D eigenvalue weighted by Crippen LogP contribution is -2.35. The zero-order valence-corrected chi connectivity index (χ0v) is 17.6. The van der Waals surface area contributed by atoms with Crippen molar-refractivity contribution in [2.24, 2.45) is 0 Å². The summed E-state index contributed by atoms with van der Waals surface area (Å²) in [4.78, 5) is 4.86. The first kappa shape index (κ1) is 20.4. The minimum atomic E-state index is -0.00533. The molecule has 2 unspecified atom stereocenters. The maximum absolute atomic E-state index is 4.86. The molecule has 28 heavy (non-hydrogen) atoms. The van der Waals surface area contributed by atoms with Crippen molar-refractivity contribution in [3.63, 3.8) is 0 Å². The van der Waals surface area contributed by atoms with E-state index in [0.29, 0.717) is 5.92 Å². The Bertz CT molecular complexity index is 822. The molecule has 0 aliphatic carbocycles. The molecule has 2 nitrogen and oxygen atoms in total. The molecule has 0 saturated carbocycles. The number of aryl methyl sites for hydroxylation is 1. The number of aromatic nitrogens is 2. The van der Waals surface area contributed by atoms with Crippen LogP contribution in [0.5, 0.6) is 0 Å². The zero-order valence-electron chi connectivity index (χ0n) is 17.6. The van der Waals surface area contributed by atoms with Crippen LogP contribution in [0.4, 0.5) is 0 Å². The first-order valence-corrected chi connectivity index (χ1v) is 10.8. The van der Waals surface area contributed by atoms with Gasteiger partial charge in [-0.1, -0.05) is 93.8 Å². The maximum atomic E-state index is 4.86. The molecule has 0 radical (unpaired) electrons. The van der Waals surface area contributed by atoms with E-state index in [0.717, 1.165) is 13.0 Å². The molecule has 0 N–H and O–H groups in total. The molecule has 2 atom stereocenters. The lowest BCUT2D eigenvalue weighted by molar-refractivity contribution is 0.324. The smallest absolute Gasteiger partial charge is 0.112 e. The lowest BCUT2D eigenvalue weighted by Gasteiger charge is -2.39. The van der Waals surface area contributed by atoms with Crippen LogP contribution in [-0.4, -0.2) is 9.55 Å². The average molecular weight is 375 g/mol. The number of rotatable bonds is 10. The standard InChI is InChI=1S/C26H34N2/c1-4-6-9-18-24(25-27-19-20-28(25)5-2)26(3,23-16-12-8-13-17-23)21-22-14-10-7-11-15-22/h7-8,10-17,19-20,24H,4-6,9,18,21H2,1-3H3. The second-order valence-corrected chi connectivity index (χ2v) is 8.07. The van der Waals surface area contributed by atoms with Crippen molar-refractivity contribution < 1.29 is 0 Å². The summed E-state index contributed by atoms with van der Waals surface area (Å²) >= 11 is 0. The van der Waals surface area contributed by atoms with Crippen LogP contribution in [0.3, 0.4) is 0 Å². The van der Waals surface area contributed by atoms with Gasteiger partial charge in [-0.25, -0.2) is 4.98 Å². The molecular weight excluding hydrogens is 340 g/mol. The fraction of sp³-hybridized carbons (Fsp3) is 0.423. The van der Waals surface area contributed by atoms with E-state index in [1.807, 2.05) is 6.20 Å². The molecule has 0 amide bonds. The van der Waals surface area contributed by atoms with E-state index in [-0.39, 0.29) is 5.41 Å². The fourth-order valence-corrected chi connectivity index (χ4v) is 4.49. The van der Waals surface area contributed by atoms with E-state index >= 15 is 0 Å². The molecule has 148 valence electrons. The number of hydrogen-bond acceptors (Lipinski definition) is 1. The number of hydrogen-bond donors (Lipinski definition) is 0. The molecule has 2 heteroatoms. The van der Waals surface area contributed by atoms with Gasteiger partial charge in [0.05, 0.1) is 0 Å². The summed E-state index contributed by atoms with van der Waals surface area (Å²) in [6, 6.07) is 22.0. The minimum absolute atomic E-state index is 0.00533. The summed E-state index contributed by atoms with van der Waals surface area (Å²) in [7, 11) is 0. The van der Waals surface area contributed by atoms with Crippen molar-refractivity contribution in [2.75, 3.05) is 0 Å². The van der Waals surface area contributed by atoms with Gasteiger partial charge in [0, 0.05) is 30.3 Å². The van der Waals surface area contributed by atoms with Crippen molar-refractivity contribution in [1.82, 2.24) is 9.55 Å². The Morgan fingerprint density at radius 3 is 2.25 bits per heavy atom. The fourth-order valence-electron chi connectivity index (χ4n) is 4.49. The largest absolute Gasteiger partial charge is 0.335 e. The minimum Gasteiger partial charge on any atom is -0.335 e. The monoisotopic (exact) mass is 374 g/mol. The summed E-state index contributed by atoms with van der Waals surface area (Å²) in [5.74, 6) is 1.62. The SMILES string of the molecule is CCCCCC(c1nccn1CC)C(C)(Cc1ccccc1)c1ccccc1. The quantitative estimate of drug-likeness (QED) is 0.358. The number of unbranched alkanes of at least 4 members (excludes halogenated alkanes) is 2. The van der Waals surface area contributed by atoms with Crippen LogP contribution >= 0.6 is 0 Å². The third kappa shape index (κ3) is 4.55. The molecule has 0 aliphatic heterocycles. The highest BCUT2D eigenvalue weighted by Crippen LogP contribution is 2.44. The van der Waals surface area contributed by atoms with Gasteiger partial charge in [-0.3, -0.25) is 0 Å². The van der Waals surface area contributed by atoms with Crippen molar-refractivity contribution in [2.45, 2.75) is 70.8 Å². The van der Waals surface area contributed by atoms with Crippen LogP contribution < -0.4 is 0 Å². The van der Waals surface area contributed by atoms with E-state index in [1.54, 1.807) is 0 Å². The lowest BCUT2D eigenvalue weighted by atomic mass is 9.66. The highest BCUT2D eigenvalue weighted by atomic mass is 15.1.